The molecule has 1 aliphatic rings. The summed E-state index contributed by atoms with van der Waals surface area (Å²) in [4.78, 5) is 12.4. The summed E-state index contributed by atoms with van der Waals surface area (Å²) in [6.45, 7) is 0. The lowest BCUT2D eigenvalue weighted by Crippen LogP contribution is -2.37. The molecule has 0 saturated heterocycles. The number of aliphatic hydroxyl groups is 1. The molecule has 23 heavy (non-hydrogen) atoms. The van der Waals surface area contributed by atoms with Crippen LogP contribution in [0.5, 0.6) is 0 Å². The Labute approximate surface area is 133 Å². The average Bonchev–Trinajstić information content (AvgIpc) is 2.54. The van der Waals surface area contributed by atoms with Crippen LogP contribution in [0.3, 0.4) is 0 Å². The normalized spacial score (nSPS) is 16.0. The van der Waals surface area contributed by atoms with Crippen molar-refractivity contribution >= 4 is 27.4 Å². The number of fused-ring (bicyclic) bond motifs is 1. The van der Waals surface area contributed by atoms with Crippen LogP contribution < -0.4 is 5.32 Å². The lowest BCUT2D eigenvalue weighted by atomic mass is 10.1. The first kappa shape index (κ1) is 15.1. The van der Waals surface area contributed by atoms with Crippen molar-refractivity contribution in [2.45, 2.75) is 4.90 Å². The summed E-state index contributed by atoms with van der Waals surface area (Å²) in [7, 11) is -2.65. The van der Waals surface area contributed by atoms with Gasteiger partial charge >= 0.3 is 0 Å². The van der Waals surface area contributed by atoms with Crippen LogP contribution in [0.15, 0.2) is 65.2 Å². The number of para-hydroxylation sites is 1. The van der Waals surface area contributed by atoms with E-state index in [0.29, 0.717) is 5.69 Å². The van der Waals surface area contributed by atoms with E-state index in [4.69, 9.17) is 0 Å². The van der Waals surface area contributed by atoms with Crippen LogP contribution in [-0.4, -0.2) is 30.8 Å². The molecule has 6 nitrogen and oxygen atoms in total. The largest absolute Gasteiger partial charge is 0.505 e. The number of carbonyl (C=O) groups is 1. The highest BCUT2D eigenvalue weighted by Gasteiger charge is 2.37. The Morgan fingerprint density at radius 3 is 2.35 bits per heavy atom. The molecule has 118 valence electrons. The molecule has 1 heterocycles. The Morgan fingerprint density at radius 1 is 1.04 bits per heavy atom. The molecular formula is C16H14N2O4S. The number of nitrogens with zero attached hydrogens (tertiary/aromatic N) is 1. The second-order valence-corrected chi connectivity index (χ2v) is 6.92. The Bertz CT molecular complexity index is 905. The highest BCUT2D eigenvalue weighted by atomic mass is 32.2. The van der Waals surface area contributed by atoms with E-state index in [-0.39, 0.29) is 21.9 Å². The van der Waals surface area contributed by atoms with Crippen molar-refractivity contribution in [1.29, 1.82) is 0 Å². The van der Waals surface area contributed by atoms with E-state index in [2.05, 4.69) is 5.32 Å². The third kappa shape index (κ3) is 2.44. The number of carbonyl (C=O) groups excluding carboxylic acids is 1. The Balaban J connectivity index is 2.09. The maximum atomic E-state index is 12.5. The SMILES string of the molecule is CN1C(C(=O)Nc2ccccc2)=C(O)c2ccccc2S1(=O)=O. The number of sulfonamides is 1. The van der Waals surface area contributed by atoms with Gasteiger partial charge in [0, 0.05) is 18.3 Å². The van der Waals surface area contributed by atoms with Crippen LogP contribution in [0.1, 0.15) is 5.56 Å². The number of anilines is 1. The van der Waals surface area contributed by atoms with E-state index < -0.39 is 15.9 Å². The molecule has 0 spiro atoms. The monoisotopic (exact) mass is 330 g/mol. The Morgan fingerprint density at radius 2 is 1.65 bits per heavy atom. The first-order valence-corrected chi connectivity index (χ1v) is 8.25. The van der Waals surface area contributed by atoms with Crippen LogP contribution in [0, 0.1) is 0 Å². The number of hydrogen-bond acceptors (Lipinski definition) is 4. The van der Waals surface area contributed by atoms with Crippen LogP contribution >= 0.6 is 0 Å². The van der Waals surface area contributed by atoms with Crippen LogP contribution in [0.25, 0.3) is 5.76 Å². The van der Waals surface area contributed by atoms with Gasteiger partial charge in [-0.1, -0.05) is 30.3 Å². The number of benzene rings is 2. The molecule has 2 N–H and O–H groups in total. The third-order valence-electron chi connectivity index (χ3n) is 3.57. The zero-order valence-electron chi connectivity index (χ0n) is 12.2. The van der Waals surface area contributed by atoms with Crippen LogP contribution in [0.4, 0.5) is 5.69 Å². The maximum absolute atomic E-state index is 12.5. The van der Waals surface area contributed by atoms with E-state index in [1.807, 2.05) is 0 Å². The second-order valence-electron chi connectivity index (χ2n) is 4.99. The van der Waals surface area contributed by atoms with Gasteiger partial charge in [-0.05, 0) is 24.3 Å². The van der Waals surface area contributed by atoms with E-state index >= 15 is 0 Å². The quantitative estimate of drug-likeness (QED) is 0.883. The summed E-state index contributed by atoms with van der Waals surface area (Å²) in [5, 5.41) is 13.0. The highest BCUT2D eigenvalue weighted by Crippen LogP contribution is 2.34. The van der Waals surface area contributed by atoms with Crippen molar-refractivity contribution in [2.75, 3.05) is 12.4 Å². The zero-order chi connectivity index (χ0) is 16.6. The average molecular weight is 330 g/mol. The van der Waals surface area contributed by atoms with Crippen molar-refractivity contribution in [3.63, 3.8) is 0 Å². The lowest BCUT2D eigenvalue weighted by molar-refractivity contribution is -0.113. The maximum Gasteiger partial charge on any atom is 0.276 e. The molecule has 0 radical (unpaired) electrons. The van der Waals surface area contributed by atoms with Gasteiger partial charge in [0.2, 0.25) is 0 Å². The van der Waals surface area contributed by atoms with Gasteiger partial charge in [0.1, 0.15) is 0 Å². The van der Waals surface area contributed by atoms with Crippen LogP contribution in [-0.2, 0) is 14.8 Å². The minimum Gasteiger partial charge on any atom is -0.505 e. The molecule has 0 saturated carbocycles. The lowest BCUT2D eigenvalue weighted by Gasteiger charge is -2.28. The van der Waals surface area contributed by atoms with Gasteiger partial charge in [-0.2, -0.15) is 0 Å². The molecule has 1 aliphatic heterocycles. The fourth-order valence-electron chi connectivity index (χ4n) is 2.39. The van der Waals surface area contributed by atoms with Crippen molar-refractivity contribution < 1.29 is 18.3 Å². The summed E-state index contributed by atoms with van der Waals surface area (Å²) < 4.78 is 25.8. The molecular weight excluding hydrogens is 316 g/mol. The minimum atomic E-state index is -3.89. The van der Waals surface area contributed by atoms with Crippen molar-refractivity contribution in [2.24, 2.45) is 0 Å². The summed E-state index contributed by atoms with van der Waals surface area (Å²) in [6, 6.07) is 14.6. The summed E-state index contributed by atoms with van der Waals surface area (Å²) in [5.74, 6) is -1.07. The predicted octanol–water partition coefficient (Wildman–Crippen LogP) is 2.19. The zero-order valence-corrected chi connectivity index (χ0v) is 13.0. The molecule has 0 fully saturated rings. The van der Waals surface area contributed by atoms with E-state index in [0.717, 1.165) is 4.31 Å². The van der Waals surface area contributed by atoms with Gasteiger partial charge in [0.05, 0.1) is 4.90 Å². The van der Waals surface area contributed by atoms with E-state index in [1.165, 1.54) is 19.2 Å². The number of hydrogen-bond donors (Lipinski definition) is 2. The fourth-order valence-corrected chi connectivity index (χ4v) is 3.79. The molecule has 0 aromatic heterocycles. The second kappa shape index (κ2) is 5.44. The van der Waals surface area contributed by atoms with E-state index in [1.54, 1.807) is 42.5 Å². The minimum absolute atomic E-state index is 0.0312. The molecule has 7 heteroatoms. The molecule has 0 unspecified atom stereocenters. The first-order chi connectivity index (χ1) is 10.9. The highest BCUT2D eigenvalue weighted by molar-refractivity contribution is 7.89. The number of rotatable bonds is 2. The molecule has 2 aromatic carbocycles. The predicted molar refractivity (Wildman–Crippen MR) is 86.0 cm³/mol. The van der Waals surface area contributed by atoms with Crippen molar-refractivity contribution in [3.05, 3.63) is 65.9 Å². The molecule has 3 rings (SSSR count). The summed E-state index contributed by atoms with van der Waals surface area (Å²) in [6.07, 6.45) is 0. The standard InChI is InChI=1S/C16H14N2O4S/c1-18-14(16(20)17-11-7-3-2-4-8-11)15(19)12-9-5-6-10-13(12)23(18,21)22/h2-10,19H,1H3,(H,17,20). The Hall–Kier alpha value is -2.80. The van der Waals surface area contributed by atoms with Gasteiger partial charge in [0.15, 0.2) is 11.5 Å². The number of amides is 1. The third-order valence-corrected chi connectivity index (χ3v) is 5.38. The fraction of sp³-hybridized carbons (Fsp3) is 0.0625. The van der Waals surface area contributed by atoms with Crippen molar-refractivity contribution in [3.8, 4) is 0 Å². The van der Waals surface area contributed by atoms with Gasteiger partial charge in [0.25, 0.3) is 15.9 Å². The number of likely N-dealkylation sites (N-methyl/N-ethyl adjacent to an activating group) is 1. The summed E-state index contributed by atoms with van der Waals surface area (Å²) in [5.41, 5.74) is 0.304. The molecule has 0 aliphatic carbocycles. The molecule has 2 aromatic rings. The topological polar surface area (TPSA) is 86.7 Å². The van der Waals surface area contributed by atoms with Gasteiger partial charge in [-0.3, -0.25) is 9.10 Å². The van der Waals surface area contributed by atoms with Crippen molar-refractivity contribution in [1.82, 2.24) is 4.31 Å². The van der Waals surface area contributed by atoms with E-state index in [9.17, 15) is 18.3 Å². The molecule has 0 bridgehead atoms. The number of nitrogens with one attached hydrogen (secondary N) is 1. The van der Waals surface area contributed by atoms with Gasteiger partial charge in [-0.25, -0.2) is 8.42 Å². The first-order valence-electron chi connectivity index (χ1n) is 6.81. The molecule has 0 atom stereocenters. The Kier molecular flexibility index (Phi) is 3.57. The smallest absolute Gasteiger partial charge is 0.276 e. The van der Waals surface area contributed by atoms with Gasteiger partial charge < -0.3 is 10.4 Å². The number of aliphatic hydroxyl groups excluding tert-OH is 1. The van der Waals surface area contributed by atoms with Gasteiger partial charge in [-0.15, -0.1) is 0 Å². The molecule has 1 amide bonds. The summed E-state index contributed by atoms with van der Waals surface area (Å²) >= 11 is 0. The van der Waals surface area contributed by atoms with Crippen LogP contribution in [0.2, 0.25) is 0 Å².